The molecule has 0 spiro atoms. The van der Waals surface area contributed by atoms with E-state index in [0.29, 0.717) is 12.5 Å². The van der Waals surface area contributed by atoms with Crippen LogP contribution in [0.25, 0.3) is 0 Å². The molecule has 1 unspecified atom stereocenters. The van der Waals surface area contributed by atoms with Crippen molar-refractivity contribution in [1.29, 1.82) is 0 Å². The maximum absolute atomic E-state index is 9.60. The molecular formula is C20H35N3O2. The van der Waals surface area contributed by atoms with Gasteiger partial charge in [-0.3, -0.25) is 9.69 Å². The van der Waals surface area contributed by atoms with Gasteiger partial charge in [0.15, 0.2) is 0 Å². The number of rotatable bonds is 5. The summed E-state index contributed by atoms with van der Waals surface area (Å²) < 4.78 is 4.55. The highest BCUT2D eigenvalue weighted by molar-refractivity contribution is 5.37. The fourth-order valence-electron chi connectivity index (χ4n) is 2.86. The minimum Gasteiger partial charge on any atom is -0.462 e. The van der Waals surface area contributed by atoms with Crippen LogP contribution in [0, 0.1) is 0 Å². The van der Waals surface area contributed by atoms with Crippen LogP contribution in [0.4, 0.5) is 0 Å². The van der Waals surface area contributed by atoms with Crippen molar-refractivity contribution in [3.05, 3.63) is 35.4 Å². The summed E-state index contributed by atoms with van der Waals surface area (Å²) in [7, 11) is 0. The molecule has 5 heteroatoms. The zero-order valence-electron chi connectivity index (χ0n) is 16.4. The summed E-state index contributed by atoms with van der Waals surface area (Å²) in [6.45, 7) is 14.7. The third kappa shape index (κ3) is 7.99. The summed E-state index contributed by atoms with van der Waals surface area (Å²) >= 11 is 0. The maximum Gasteiger partial charge on any atom is 0.293 e. The summed E-state index contributed by atoms with van der Waals surface area (Å²) in [6.07, 6.45) is 1.16. The van der Waals surface area contributed by atoms with Crippen LogP contribution in [0.2, 0.25) is 0 Å². The van der Waals surface area contributed by atoms with Gasteiger partial charge in [0.25, 0.3) is 6.47 Å². The summed E-state index contributed by atoms with van der Waals surface area (Å²) in [5.74, 6) is 0. The first-order valence-corrected chi connectivity index (χ1v) is 9.20. The Balaban J connectivity index is 0.000000381. The number of nitrogens with zero attached hydrogens (tertiary/aromatic N) is 1. The summed E-state index contributed by atoms with van der Waals surface area (Å²) in [5.41, 5.74) is 8.22. The van der Waals surface area contributed by atoms with Gasteiger partial charge in [0.2, 0.25) is 0 Å². The van der Waals surface area contributed by atoms with Gasteiger partial charge in [0, 0.05) is 38.3 Å². The van der Waals surface area contributed by atoms with Gasteiger partial charge in [0.1, 0.15) is 5.60 Å². The molecular weight excluding hydrogens is 314 g/mol. The Kier molecular flexibility index (Phi) is 9.11. The molecule has 1 heterocycles. The SMILES string of the molecule is CC(C)(C)OC=O.CCC(c1ccc([C@H](C)N)cc1)N1CCNCC1. The van der Waals surface area contributed by atoms with Gasteiger partial charge < -0.3 is 15.8 Å². The second-order valence-corrected chi connectivity index (χ2v) is 7.49. The van der Waals surface area contributed by atoms with E-state index in [1.807, 2.05) is 27.7 Å². The summed E-state index contributed by atoms with van der Waals surface area (Å²) in [5, 5.41) is 3.41. The van der Waals surface area contributed by atoms with Gasteiger partial charge in [-0.05, 0) is 45.2 Å². The number of nitrogens with two attached hydrogens (primary N) is 1. The maximum atomic E-state index is 9.60. The van der Waals surface area contributed by atoms with E-state index >= 15 is 0 Å². The zero-order chi connectivity index (χ0) is 18.9. The van der Waals surface area contributed by atoms with E-state index in [-0.39, 0.29) is 11.6 Å². The van der Waals surface area contributed by atoms with Crippen LogP contribution in [-0.4, -0.2) is 43.2 Å². The van der Waals surface area contributed by atoms with E-state index in [2.05, 4.69) is 46.1 Å². The molecule has 2 rings (SSSR count). The molecule has 5 nitrogen and oxygen atoms in total. The fraction of sp³-hybridized carbons (Fsp3) is 0.650. The van der Waals surface area contributed by atoms with Crippen molar-refractivity contribution in [2.75, 3.05) is 26.2 Å². The highest BCUT2D eigenvalue weighted by atomic mass is 16.5. The minimum atomic E-state index is -0.318. The first kappa shape index (κ1) is 21.6. The Bertz CT molecular complexity index is 489. The van der Waals surface area contributed by atoms with Crippen molar-refractivity contribution in [2.24, 2.45) is 5.73 Å². The van der Waals surface area contributed by atoms with E-state index in [4.69, 9.17) is 5.73 Å². The molecule has 1 saturated heterocycles. The Morgan fingerprint density at radius 2 is 1.72 bits per heavy atom. The number of benzene rings is 1. The number of ether oxygens (including phenoxy) is 1. The smallest absolute Gasteiger partial charge is 0.293 e. The highest BCUT2D eigenvalue weighted by Gasteiger charge is 2.20. The normalized spacial score (nSPS) is 17.8. The lowest BCUT2D eigenvalue weighted by molar-refractivity contribution is -0.138. The van der Waals surface area contributed by atoms with Crippen LogP contribution in [0.1, 0.15) is 64.3 Å². The Morgan fingerprint density at radius 1 is 1.20 bits per heavy atom. The van der Waals surface area contributed by atoms with Crippen LogP contribution in [-0.2, 0) is 9.53 Å². The molecule has 0 radical (unpaired) electrons. The molecule has 0 saturated carbocycles. The van der Waals surface area contributed by atoms with E-state index in [1.165, 1.54) is 11.1 Å². The monoisotopic (exact) mass is 349 g/mol. The standard InChI is InChI=1S/C15H25N3.C5H10O2/c1-3-15(18-10-8-17-9-11-18)14-6-4-13(5-7-14)12(2)16;1-5(2,3)7-4-6/h4-7,12,15,17H,3,8-11,16H2,1-2H3;4H,1-3H3/t12-,15?;/m0./s1. The van der Waals surface area contributed by atoms with Crippen LogP contribution >= 0.6 is 0 Å². The second kappa shape index (κ2) is 10.5. The average Bonchev–Trinajstić information content (AvgIpc) is 2.56. The molecule has 0 aromatic heterocycles. The largest absolute Gasteiger partial charge is 0.462 e. The zero-order valence-corrected chi connectivity index (χ0v) is 16.4. The van der Waals surface area contributed by atoms with Gasteiger partial charge >= 0.3 is 0 Å². The van der Waals surface area contributed by atoms with Crippen LogP contribution in [0.5, 0.6) is 0 Å². The van der Waals surface area contributed by atoms with E-state index in [9.17, 15) is 4.79 Å². The predicted molar refractivity (Wildman–Crippen MR) is 103 cm³/mol. The molecule has 1 aromatic rings. The third-order valence-corrected chi connectivity index (χ3v) is 4.23. The predicted octanol–water partition coefficient (Wildman–Crippen LogP) is 3.02. The van der Waals surface area contributed by atoms with E-state index in [1.54, 1.807) is 0 Å². The van der Waals surface area contributed by atoms with Crippen LogP contribution < -0.4 is 11.1 Å². The van der Waals surface area contributed by atoms with Gasteiger partial charge in [-0.15, -0.1) is 0 Å². The topological polar surface area (TPSA) is 67.6 Å². The molecule has 3 N–H and O–H groups in total. The number of carbonyl (C=O) groups excluding carboxylic acids is 1. The van der Waals surface area contributed by atoms with Crippen molar-refractivity contribution in [2.45, 2.75) is 58.7 Å². The highest BCUT2D eigenvalue weighted by Crippen LogP contribution is 2.25. The summed E-state index contributed by atoms with van der Waals surface area (Å²) in [4.78, 5) is 12.2. The lowest BCUT2D eigenvalue weighted by atomic mass is 9.99. The van der Waals surface area contributed by atoms with Crippen molar-refractivity contribution < 1.29 is 9.53 Å². The number of piperazine rings is 1. The Hall–Kier alpha value is -1.43. The Labute approximate surface area is 152 Å². The minimum absolute atomic E-state index is 0.123. The second-order valence-electron chi connectivity index (χ2n) is 7.49. The molecule has 1 aromatic carbocycles. The van der Waals surface area contributed by atoms with E-state index in [0.717, 1.165) is 32.6 Å². The molecule has 0 amide bonds. The quantitative estimate of drug-likeness (QED) is 0.800. The number of nitrogens with one attached hydrogen (secondary N) is 1. The molecule has 0 bridgehead atoms. The molecule has 2 atom stereocenters. The van der Waals surface area contributed by atoms with Gasteiger partial charge in [0.05, 0.1) is 0 Å². The summed E-state index contributed by atoms with van der Waals surface area (Å²) in [6, 6.07) is 9.51. The number of hydrogen-bond acceptors (Lipinski definition) is 5. The van der Waals surface area contributed by atoms with Crippen molar-refractivity contribution >= 4 is 6.47 Å². The van der Waals surface area contributed by atoms with Gasteiger partial charge in [-0.1, -0.05) is 31.2 Å². The van der Waals surface area contributed by atoms with E-state index < -0.39 is 0 Å². The lowest BCUT2D eigenvalue weighted by Gasteiger charge is -2.34. The lowest BCUT2D eigenvalue weighted by Crippen LogP contribution is -2.45. The van der Waals surface area contributed by atoms with Crippen LogP contribution in [0.3, 0.4) is 0 Å². The molecule has 1 aliphatic heterocycles. The molecule has 142 valence electrons. The molecule has 0 aliphatic carbocycles. The van der Waals surface area contributed by atoms with Crippen molar-refractivity contribution in [3.63, 3.8) is 0 Å². The number of carbonyl (C=O) groups is 1. The Morgan fingerprint density at radius 3 is 2.08 bits per heavy atom. The third-order valence-electron chi connectivity index (χ3n) is 4.23. The number of hydrogen-bond donors (Lipinski definition) is 2. The van der Waals surface area contributed by atoms with Crippen molar-refractivity contribution in [3.8, 4) is 0 Å². The van der Waals surface area contributed by atoms with Crippen molar-refractivity contribution in [1.82, 2.24) is 10.2 Å². The molecule has 25 heavy (non-hydrogen) atoms. The molecule has 1 fully saturated rings. The first-order valence-electron chi connectivity index (χ1n) is 9.20. The molecule has 1 aliphatic rings. The average molecular weight is 350 g/mol. The fourth-order valence-corrected chi connectivity index (χ4v) is 2.86. The van der Waals surface area contributed by atoms with Gasteiger partial charge in [-0.2, -0.15) is 0 Å². The van der Waals surface area contributed by atoms with Gasteiger partial charge in [-0.25, -0.2) is 0 Å². The first-order chi connectivity index (χ1) is 11.8. The van der Waals surface area contributed by atoms with Crippen LogP contribution in [0.15, 0.2) is 24.3 Å².